The smallest absolute Gasteiger partial charge is 0.187 e. The predicted molar refractivity (Wildman–Crippen MR) is 112 cm³/mol. The van der Waals surface area contributed by atoms with E-state index in [4.69, 9.17) is 4.74 Å². The maximum Gasteiger partial charge on any atom is 0.187 e. The van der Waals surface area contributed by atoms with Crippen molar-refractivity contribution in [1.29, 1.82) is 0 Å². The fraction of sp³-hybridized carbons (Fsp3) is 0.333. The summed E-state index contributed by atoms with van der Waals surface area (Å²) in [5, 5.41) is 9.02. The third kappa shape index (κ3) is 3.75. The second kappa shape index (κ2) is 7.97. The highest BCUT2D eigenvalue weighted by molar-refractivity contribution is 9.10. The van der Waals surface area contributed by atoms with Gasteiger partial charge >= 0.3 is 0 Å². The summed E-state index contributed by atoms with van der Waals surface area (Å²) in [4.78, 5) is 0. The van der Waals surface area contributed by atoms with Crippen LogP contribution in [0, 0.1) is 11.7 Å². The lowest BCUT2D eigenvalue weighted by molar-refractivity contribution is 0.0282. The molecule has 1 fully saturated rings. The van der Waals surface area contributed by atoms with Gasteiger partial charge in [0.25, 0.3) is 0 Å². The predicted octanol–water partition coefficient (Wildman–Crippen LogP) is 4.92. The van der Waals surface area contributed by atoms with Crippen LogP contribution < -0.4 is 0 Å². The van der Waals surface area contributed by atoms with E-state index in [1.165, 1.54) is 6.07 Å². The van der Waals surface area contributed by atoms with Crippen molar-refractivity contribution >= 4 is 28.6 Å². The summed E-state index contributed by atoms with van der Waals surface area (Å²) in [5.74, 6) is 0.931. The molecule has 0 N–H and O–H groups in total. The lowest BCUT2D eigenvalue weighted by Crippen LogP contribution is -2.46. The van der Waals surface area contributed by atoms with E-state index in [1.54, 1.807) is 6.07 Å². The van der Waals surface area contributed by atoms with Gasteiger partial charge in [0, 0.05) is 18.1 Å². The highest BCUT2D eigenvalue weighted by Crippen LogP contribution is 2.52. The van der Waals surface area contributed by atoms with E-state index < -0.39 is 0 Å². The Hall–Kier alpha value is -1.70. The van der Waals surface area contributed by atoms with Gasteiger partial charge in [0.2, 0.25) is 0 Å². The molecule has 146 valence electrons. The van der Waals surface area contributed by atoms with Gasteiger partial charge in [-0.05, 0) is 48.1 Å². The summed E-state index contributed by atoms with van der Waals surface area (Å²) in [6.45, 7) is 1.26. The van der Waals surface area contributed by atoms with Crippen LogP contribution in [-0.4, -0.2) is 21.4 Å². The Morgan fingerprint density at radius 1 is 1.21 bits per heavy atom. The van der Waals surface area contributed by atoms with Gasteiger partial charge < -0.3 is 9.30 Å². The van der Waals surface area contributed by atoms with Gasteiger partial charge in [-0.3, -0.25) is 0 Å². The largest absolute Gasteiger partial charge is 0.376 e. The van der Waals surface area contributed by atoms with Crippen molar-refractivity contribution in [1.82, 2.24) is 14.8 Å². The number of rotatable bonds is 6. The van der Waals surface area contributed by atoms with E-state index >= 15 is 0 Å². The van der Waals surface area contributed by atoms with Crippen LogP contribution in [0.5, 0.6) is 0 Å². The lowest BCUT2D eigenvalue weighted by atomic mass is 9.58. The van der Waals surface area contributed by atoms with Gasteiger partial charge in [0.15, 0.2) is 5.16 Å². The average Bonchev–Trinajstić information content (AvgIpc) is 2.96. The Bertz CT molecular complexity index is 953. The molecule has 0 atom stereocenters. The number of benzene rings is 2. The first kappa shape index (κ1) is 19.6. The highest BCUT2D eigenvalue weighted by Gasteiger charge is 2.50. The number of hydrogen-bond donors (Lipinski definition) is 1. The summed E-state index contributed by atoms with van der Waals surface area (Å²) in [6.07, 6.45) is 1.66. The molecule has 0 aliphatic heterocycles. The Morgan fingerprint density at radius 2 is 1.96 bits per heavy atom. The second-order valence-corrected chi connectivity index (χ2v) is 8.71. The summed E-state index contributed by atoms with van der Waals surface area (Å²) in [6, 6.07) is 15.2. The fourth-order valence-corrected chi connectivity index (χ4v) is 4.68. The van der Waals surface area contributed by atoms with Crippen LogP contribution in [0.2, 0.25) is 0 Å². The van der Waals surface area contributed by atoms with Gasteiger partial charge in [0.05, 0.1) is 12.0 Å². The SMILES string of the molecule is Cn1c(S)nnc1C1(c2cc(F)cc(Br)c2)CC(COCc2ccccc2)C1. The molecule has 0 saturated heterocycles. The molecule has 1 aliphatic rings. The van der Waals surface area contributed by atoms with E-state index in [2.05, 4.69) is 50.9 Å². The molecule has 1 saturated carbocycles. The number of aromatic nitrogens is 3. The first-order chi connectivity index (χ1) is 13.5. The van der Waals surface area contributed by atoms with Crippen molar-refractivity contribution in [2.75, 3.05) is 6.61 Å². The van der Waals surface area contributed by atoms with Crippen molar-refractivity contribution in [2.45, 2.75) is 30.0 Å². The summed E-state index contributed by atoms with van der Waals surface area (Å²) < 4.78 is 22.6. The number of ether oxygens (including phenoxy) is 1. The lowest BCUT2D eigenvalue weighted by Gasteiger charge is -2.47. The maximum absolute atomic E-state index is 14.1. The molecule has 0 unspecified atom stereocenters. The molecule has 0 amide bonds. The minimum Gasteiger partial charge on any atom is -0.376 e. The van der Waals surface area contributed by atoms with Gasteiger partial charge in [-0.1, -0.05) is 46.3 Å². The van der Waals surface area contributed by atoms with Crippen molar-refractivity contribution in [2.24, 2.45) is 13.0 Å². The molecular weight excluding hydrogens is 441 g/mol. The van der Waals surface area contributed by atoms with E-state index in [1.807, 2.05) is 35.9 Å². The van der Waals surface area contributed by atoms with Crippen LogP contribution in [-0.2, 0) is 23.8 Å². The standard InChI is InChI=1S/C21H21BrFN3OS/c1-26-19(24-25-20(26)28)21(16-7-17(22)9-18(23)8-16)10-15(11-21)13-27-12-14-5-3-2-4-6-14/h2-9,15H,10-13H2,1H3,(H,25,28). The average molecular weight is 462 g/mol. The molecular formula is C21H21BrFN3OS. The molecule has 0 bridgehead atoms. The minimum absolute atomic E-state index is 0.263. The van der Waals surface area contributed by atoms with E-state index in [0.29, 0.717) is 24.3 Å². The van der Waals surface area contributed by atoms with Crippen molar-refractivity contribution in [3.05, 3.63) is 75.8 Å². The number of nitrogens with zero attached hydrogens (tertiary/aromatic N) is 3. The Kier molecular flexibility index (Phi) is 5.58. The quantitative estimate of drug-likeness (QED) is 0.529. The van der Waals surface area contributed by atoms with Crippen molar-refractivity contribution in [3.63, 3.8) is 0 Å². The van der Waals surface area contributed by atoms with Gasteiger partial charge in [-0.25, -0.2) is 4.39 Å². The molecule has 0 radical (unpaired) electrons. The Balaban J connectivity index is 1.53. The molecule has 4 nitrogen and oxygen atoms in total. The zero-order valence-electron chi connectivity index (χ0n) is 15.5. The highest BCUT2D eigenvalue weighted by atomic mass is 79.9. The first-order valence-electron chi connectivity index (χ1n) is 9.15. The van der Waals surface area contributed by atoms with Gasteiger partial charge in [0.1, 0.15) is 11.6 Å². The van der Waals surface area contributed by atoms with E-state index in [0.717, 1.165) is 34.3 Å². The van der Waals surface area contributed by atoms with Crippen LogP contribution >= 0.6 is 28.6 Å². The van der Waals surface area contributed by atoms with E-state index in [9.17, 15) is 4.39 Å². The fourth-order valence-electron chi connectivity index (χ4n) is 4.08. The first-order valence-corrected chi connectivity index (χ1v) is 10.4. The molecule has 0 spiro atoms. The molecule has 28 heavy (non-hydrogen) atoms. The summed E-state index contributed by atoms with van der Waals surface area (Å²) in [5.41, 5.74) is 1.69. The third-order valence-corrected chi connectivity index (χ3v) is 6.28. The van der Waals surface area contributed by atoms with Crippen LogP contribution in [0.4, 0.5) is 4.39 Å². The van der Waals surface area contributed by atoms with Crippen LogP contribution in [0.25, 0.3) is 0 Å². The molecule has 1 aromatic heterocycles. The Labute approximate surface area is 177 Å². The Morgan fingerprint density at radius 3 is 2.61 bits per heavy atom. The molecule has 7 heteroatoms. The van der Waals surface area contributed by atoms with Crippen molar-refractivity contribution < 1.29 is 9.13 Å². The monoisotopic (exact) mass is 461 g/mol. The normalized spacial score (nSPS) is 21.5. The second-order valence-electron chi connectivity index (χ2n) is 7.40. The number of hydrogen-bond acceptors (Lipinski definition) is 4. The van der Waals surface area contributed by atoms with Gasteiger partial charge in [-0.15, -0.1) is 22.8 Å². The molecule has 1 aliphatic carbocycles. The molecule has 1 heterocycles. The summed E-state index contributed by atoms with van der Waals surface area (Å²) >= 11 is 7.78. The number of halogens is 2. The minimum atomic E-state index is -0.381. The zero-order valence-corrected chi connectivity index (χ0v) is 18.0. The molecule has 4 rings (SSSR count). The molecule has 3 aromatic rings. The van der Waals surface area contributed by atoms with E-state index in [-0.39, 0.29) is 11.2 Å². The number of thiol groups is 1. The van der Waals surface area contributed by atoms with Crippen LogP contribution in [0.3, 0.4) is 0 Å². The summed E-state index contributed by atoms with van der Waals surface area (Å²) in [7, 11) is 1.90. The molecule has 2 aromatic carbocycles. The van der Waals surface area contributed by atoms with Crippen LogP contribution in [0.1, 0.15) is 29.8 Å². The topological polar surface area (TPSA) is 39.9 Å². The third-order valence-electron chi connectivity index (χ3n) is 5.43. The maximum atomic E-state index is 14.1. The van der Waals surface area contributed by atoms with Gasteiger partial charge in [-0.2, -0.15) is 0 Å². The van der Waals surface area contributed by atoms with Crippen LogP contribution in [0.15, 0.2) is 58.2 Å². The van der Waals surface area contributed by atoms with Crippen molar-refractivity contribution in [3.8, 4) is 0 Å². The zero-order chi connectivity index (χ0) is 19.7.